The molecule has 4 aliphatic heterocycles. The van der Waals surface area contributed by atoms with Crippen LogP contribution in [0.3, 0.4) is 0 Å². The summed E-state index contributed by atoms with van der Waals surface area (Å²) in [6.45, 7) is 5.87. The highest BCUT2D eigenvalue weighted by atomic mass is 16.5. The van der Waals surface area contributed by atoms with E-state index in [1.165, 1.54) is 12.8 Å². The van der Waals surface area contributed by atoms with E-state index in [1.807, 2.05) is 42.6 Å². The Labute approximate surface area is 229 Å². The molecular weight excluding hydrogens is 494 g/mol. The minimum atomic E-state index is 0.199. The Balaban J connectivity index is 1.26. The molecule has 2 fully saturated rings. The van der Waals surface area contributed by atoms with Crippen LogP contribution in [0.25, 0.3) is 0 Å². The van der Waals surface area contributed by atoms with Gasteiger partial charge < -0.3 is 19.1 Å². The first-order valence-electron chi connectivity index (χ1n) is 14.0. The zero-order valence-corrected chi connectivity index (χ0v) is 22.7. The van der Waals surface area contributed by atoms with Crippen LogP contribution in [0, 0.1) is 5.41 Å². The molecule has 206 valence electrons. The molecule has 1 unspecified atom stereocenters. The highest BCUT2D eigenvalue weighted by Gasteiger charge is 2.39. The van der Waals surface area contributed by atoms with E-state index in [2.05, 4.69) is 26.2 Å². The van der Waals surface area contributed by atoms with Gasteiger partial charge in [0, 0.05) is 31.7 Å². The number of amides is 1. The molecule has 39 heavy (non-hydrogen) atoms. The van der Waals surface area contributed by atoms with Crippen molar-refractivity contribution in [1.29, 1.82) is 0 Å². The van der Waals surface area contributed by atoms with Crippen LogP contribution < -0.4 is 14.2 Å². The van der Waals surface area contributed by atoms with Crippen molar-refractivity contribution in [1.82, 2.24) is 24.8 Å². The maximum atomic E-state index is 13.2. The van der Waals surface area contributed by atoms with Crippen molar-refractivity contribution < 1.29 is 19.0 Å². The molecule has 2 aromatic carbocycles. The molecule has 7 rings (SSSR count). The van der Waals surface area contributed by atoms with Gasteiger partial charge in [0.15, 0.2) is 11.5 Å². The third-order valence-corrected chi connectivity index (χ3v) is 8.38. The zero-order valence-electron chi connectivity index (χ0n) is 22.7. The van der Waals surface area contributed by atoms with Gasteiger partial charge in [0.05, 0.1) is 26.3 Å². The Morgan fingerprint density at radius 3 is 2.74 bits per heavy atom. The van der Waals surface area contributed by atoms with Crippen LogP contribution in [-0.2, 0) is 30.9 Å². The quantitative estimate of drug-likeness (QED) is 0.474. The average Bonchev–Trinajstić information content (AvgIpc) is 3.40. The predicted octanol–water partition coefficient (Wildman–Crippen LogP) is 3.71. The first-order valence-corrected chi connectivity index (χ1v) is 14.0. The summed E-state index contributed by atoms with van der Waals surface area (Å²) in [5.41, 5.74) is 3.11. The lowest BCUT2D eigenvalue weighted by molar-refractivity contribution is -0.133. The fraction of sp³-hybridized carbons (Fsp3) is 0.500. The second-order valence-corrected chi connectivity index (χ2v) is 11.1. The first kappa shape index (κ1) is 25.7. The van der Waals surface area contributed by atoms with Crippen LogP contribution in [-0.4, -0.2) is 70.6 Å². The summed E-state index contributed by atoms with van der Waals surface area (Å²) in [6.07, 6.45) is 6.79. The Morgan fingerprint density at radius 2 is 1.87 bits per heavy atom. The number of hydrogen-bond donors (Lipinski definition) is 0. The number of carbonyl (C=O) groups is 1. The summed E-state index contributed by atoms with van der Waals surface area (Å²) in [5.74, 6) is 2.45. The Hall–Kier alpha value is -3.59. The van der Waals surface area contributed by atoms with E-state index in [-0.39, 0.29) is 11.3 Å². The van der Waals surface area contributed by atoms with Crippen LogP contribution in [0.15, 0.2) is 48.7 Å². The van der Waals surface area contributed by atoms with Crippen LogP contribution in [0.1, 0.15) is 42.5 Å². The monoisotopic (exact) mass is 531 g/mol. The van der Waals surface area contributed by atoms with E-state index in [0.29, 0.717) is 26.2 Å². The number of para-hydroxylation sites is 1. The lowest BCUT2D eigenvalue weighted by Gasteiger charge is -2.48. The Kier molecular flexibility index (Phi) is 7.41. The number of nitrogens with zero attached hydrogens (tertiary/aromatic N) is 5. The van der Waals surface area contributed by atoms with Crippen molar-refractivity contribution >= 4 is 5.91 Å². The normalized spacial score (nSPS) is 24.0. The molecule has 5 heterocycles. The number of methoxy groups -OCH3 is 1. The van der Waals surface area contributed by atoms with Crippen LogP contribution in [0.4, 0.5) is 0 Å². The van der Waals surface area contributed by atoms with E-state index < -0.39 is 0 Å². The predicted molar refractivity (Wildman–Crippen MR) is 146 cm³/mol. The van der Waals surface area contributed by atoms with E-state index >= 15 is 0 Å². The number of ether oxygens (including phenoxy) is 3. The van der Waals surface area contributed by atoms with Crippen LogP contribution >= 0.6 is 0 Å². The van der Waals surface area contributed by atoms with E-state index in [1.54, 1.807) is 11.8 Å². The smallest absolute Gasteiger partial charge is 0.226 e. The molecule has 7 bridgehead atoms. The van der Waals surface area contributed by atoms with Crippen molar-refractivity contribution in [2.75, 3.05) is 39.9 Å². The van der Waals surface area contributed by atoms with Crippen molar-refractivity contribution in [3.63, 3.8) is 0 Å². The van der Waals surface area contributed by atoms with Crippen molar-refractivity contribution in [2.45, 2.75) is 51.8 Å². The lowest BCUT2D eigenvalue weighted by Crippen LogP contribution is -2.50. The molecule has 1 amide bonds. The number of benzene rings is 2. The summed E-state index contributed by atoms with van der Waals surface area (Å²) in [4.78, 5) is 17.8. The summed E-state index contributed by atoms with van der Waals surface area (Å²) >= 11 is 0. The van der Waals surface area contributed by atoms with Gasteiger partial charge >= 0.3 is 0 Å². The largest absolute Gasteiger partial charge is 0.493 e. The van der Waals surface area contributed by atoms with E-state index in [9.17, 15) is 4.79 Å². The first-order chi connectivity index (χ1) is 19.1. The topological polar surface area (TPSA) is 81.9 Å². The number of rotatable bonds is 1. The summed E-state index contributed by atoms with van der Waals surface area (Å²) in [6, 6.07) is 14.0. The van der Waals surface area contributed by atoms with Crippen molar-refractivity contribution in [2.24, 2.45) is 5.41 Å². The molecule has 0 saturated carbocycles. The second kappa shape index (κ2) is 11.3. The van der Waals surface area contributed by atoms with Crippen molar-refractivity contribution in [3.8, 4) is 17.2 Å². The van der Waals surface area contributed by atoms with Crippen LogP contribution in [0.5, 0.6) is 17.2 Å². The van der Waals surface area contributed by atoms with Gasteiger partial charge in [0.2, 0.25) is 5.91 Å². The molecule has 1 spiro atoms. The number of aromatic nitrogens is 3. The highest BCUT2D eigenvalue weighted by Crippen LogP contribution is 2.41. The summed E-state index contributed by atoms with van der Waals surface area (Å²) < 4.78 is 19.7. The maximum Gasteiger partial charge on any atom is 0.226 e. The number of piperidine rings is 2. The maximum absolute atomic E-state index is 13.2. The third kappa shape index (κ3) is 5.88. The molecule has 2 saturated heterocycles. The fourth-order valence-corrected chi connectivity index (χ4v) is 6.28. The van der Waals surface area contributed by atoms with Crippen LogP contribution in [0.2, 0.25) is 0 Å². The number of fused-ring (bicyclic) bond motifs is 6. The lowest BCUT2D eigenvalue weighted by atomic mass is 9.72. The van der Waals surface area contributed by atoms with E-state index in [4.69, 9.17) is 14.2 Å². The zero-order chi connectivity index (χ0) is 26.7. The van der Waals surface area contributed by atoms with Gasteiger partial charge in [-0.3, -0.25) is 9.69 Å². The van der Waals surface area contributed by atoms with Gasteiger partial charge in [-0.05, 0) is 61.4 Å². The molecule has 1 aromatic heterocycles. The average molecular weight is 532 g/mol. The van der Waals surface area contributed by atoms with Gasteiger partial charge in [0.25, 0.3) is 0 Å². The minimum absolute atomic E-state index is 0.199. The van der Waals surface area contributed by atoms with Gasteiger partial charge in [-0.25, -0.2) is 4.68 Å². The molecule has 0 N–H and O–H groups in total. The molecule has 3 aromatic rings. The number of hydrogen-bond acceptors (Lipinski definition) is 7. The molecule has 9 heteroatoms. The molecule has 9 nitrogen and oxygen atoms in total. The highest BCUT2D eigenvalue weighted by molar-refractivity contribution is 5.79. The summed E-state index contributed by atoms with van der Waals surface area (Å²) in [5, 5.41) is 8.54. The van der Waals surface area contributed by atoms with Gasteiger partial charge in [-0.1, -0.05) is 29.5 Å². The fourth-order valence-electron chi connectivity index (χ4n) is 6.28. The Morgan fingerprint density at radius 1 is 1.00 bits per heavy atom. The van der Waals surface area contributed by atoms with Gasteiger partial charge in [0.1, 0.15) is 24.7 Å². The van der Waals surface area contributed by atoms with Gasteiger partial charge in [-0.2, -0.15) is 0 Å². The second-order valence-electron chi connectivity index (χ2n) is 11.1. The molecule has 1 atom stereocenters. The van der Waals surface area contributed by atoms with E-state index in [0.717, 1.165) is 79.6 Å². The van der Waals surface area contributed by atoms with Gasteiger partial charge in [-0.15, -0.1) is 5.10 Å². The molecule has 4 aliphatic rings. The standard InChI is InChI=1S/C30H37N5O4/c1-37-27-8-3-6-24-19-33-12-4-9-30(22-33)10-13-34(14-11-30)28(36)18-23-5-2-7-26(17-23)38-16-15-35-20-25(31-32-35)21-39-29(24)27/h2-3,5-8,17,20H,4,9-16,18-19,21-22H2,1H3. The molecular formula is C30H37N5O4. The minimum Gasteiger partial charge on any atom is -0.493 e. The van der Waals surface area contributed by atoms with Crippen molar-refractivity contribution in [3.05, 3.63) is 65.5 Å². The number of carbonyl (C=O) groups excluding carboxylic acids is 1. The third-order valence-electron chi connectivity index (χ3n) is 8.38. The molecule has 0 radical (unpaired) electrons. The summed E-state index contributed by atoms with van der Waals surface area (Å²) in [7, 11) is 1.68. The molecule has 0 aliphatic carbocycles. The SMILES string of the molecule is COc1cccc2c1OCc1cn(nn1)CCOc1cccc(c1)CC(=O)N1CCC3(CCCN(C2)C3)CC1. The Bertz CT molecular complexity index is 1300.